The Morgan fingerprint density at radius 1 is 0.621 bits per heavy atom. The second-order valence-corrected chi connectivity index (χ2v) is 6.03. The van der Waals surface area contributed by atoms with Gasteiger partial charge in [0.1, 0.15) is 0 Å². The molecule has 0 saturated carbocycles. The number of carboxylic acid groups (broad SMARTS) is 2. The van der Waals surface area contributed by atoms with E-state index >= 15 is 0 Å². The molecule has 2 N–H and O–H groups in total. The lowest BCUT2D eigenvalue weighted by molar-refractivity contribution is -0.138. The summed E-state index contributed by atoms with van der Waals surface area (Å²) in [4.78, 5) is 27.9. The van der Waals surface area contributed by atoms with E-state index in [9.17, 15) is 9.59 Å². The van der Waals surface area contributed by atoms with Crippen molar-refractivity contribution in [2.75, 3.05) is 0 Å². The molecule has 0 amide bonds. The summed E-state index contributed by atoms with van der Waals surface area (Å²) < 4.78 is 0. The van der Waals surface area contributed by atoms with Crippen LogP contribution in [0.5, 0.6) is 0 Å². The Bertz CT molecular complexity index is 850. The maximum Gasteiger partial charge on any atom is 0.303 e. The summed E-state index contributed by atoms with van der Waals surface area (Å²) in [7, 11) is 0. The lowest BCUT2D eigenvalue weighted by Crippen LogP contribution is -1.98. The number of para-hydroxylation sites is 2. The number of aliphatic carboxylic acids is 2. The molecule has 0 aliphatic rings. The first kappa shape index (κ1) is 21.5. The number of hydrogen-bond donors (Lipinski definition) is 2. The van der Waals surface area contributed by atoms with Crippen LogP contribution in [-0.2, 0) is 9.59 Å². The van der Waals surface area contributed by atoms with Crippen molar-refractivity contribution in [2.45, 2.75) is 19.3 Å². The number of benzene rings is 2. The molecule has 6 heteroatoms. The number of fused-ring (bicyclic) bond motifs is 2. The highest BCUT2D eigenvalue weighted by Crippen LogP contribution is 2.08. The monoisotopic (exact) mass is 390 g/mol. The standard InChI is InChI=1S/2C9H7N.C5H8O4/c2*1-2-6-9-8(4-1)5-3-7-10-9;6-4(7)2-1-3-5(8)9/h2*1-7H;1-3H2,(H,6,7)(H,8,9). The maximum absolute atomic E-state index is 9.79. The van der Waals surface area contributed by atoms with Gasteiger partial charge in [-0.25, -0.2) is 0 Å². The van der Waals surface area contributed by atoms with Gasteiger partial charge in [-0.2, -0.15) is 0 Å². The van der Waals surface area contributed by atoms with E-state index in [1.165, 1.54) is 10.8 Å². The van der Waals surface area contributed by atoms with Crippen LogP contribution in [0.15, 0.2) is 85.2 Å². The number of nitrogens with zero attached hydrogens (tertiary/aromatic N) is 2. The van der Waals surface area contributed by atoms with Crippen LogP contribution >= 0.6 is 0 Å². The molecule has 2 heterocycles. The number of rotatable bonds is 4. The summed E-state index contributed by atoms with van der Waals surface area (Å²) >= 11 is 0. The lowest BCUT2D eigenvalue weighted by Gasteiger charge is -1.91. The Labute approximate surface area is 168 Å². The van der Waals surface area contributed by atoms with Crippen molar-refractivity contribution in [3.8, 4) is 0 Å². The van der Waals surface area contributed by atoms with E-state index in [-0.39, 0.29) is 19.3 Å². The molecule has 0 radical (unpaired) electrons. The summed E-state index contributed by atoms with van der Waals surface area (Å²) in [6, 6.07) is 24.2. The zero-order valence-corrected chi connectivity index (χ0v) is 15.8. The molecule has 2 aromatic carbocycles. The molecular weight excluding hydrogens is 368 g/mol. The Morgan fingerprint density at radius 3 is 1.38 bits per heavy atom. The van der Waals surface area contributed by atoms with Gasteiger partial charge in [0.05, 0.1) is 11.0 Å². The normalized spacial score (nSPS) is 9.66. The van der Waals surface area contributed by atoms with E-state index in [1.54, 1.807) is 0 Å². The maximum atomic E-state index is 9.79. The van der Waals surface area contributed by atoms with E-state index < -0.39 is 11.9 Å². The number of carboxylic acids is 2. The summed E-state index contributed by atoms with van der Waals surface area (Å²) in [6.07, 6.45) is 3.70. The Morgan fingerprint density at radius 2 is 1.00 bits per heavy atom. The van der Waals surface area contributed by atoms with E-state index in [4.69, 9.17) is 10.2 Å². The Balaban J connectivity index is 0.000000156. The van der Waals surface area contributed by atoms with Crippen LogP contribution in [0.2, 0.25) is 0 Å². The van der Waals surface area contributed by atoms with Gasteiger partial charge >= 0.3 is 11.9 Å². The summed E-state index contributed by atoms with van der Waals surface area (Å²) in [6.45, 7) is 0. The molecule has 0 fully saturated rings. The zero-order valence-electron chi connectivity index (χ0n) is 15.8. The number of hydrogen-bond acceptors (Lipinski definition) is 4. The molecule has 6 nitrogen and oxygen atoms in total. The Kier molecular flexibility index (Phi) is 8.76. The fourth-order valence-corrected chi connectivity index (χ4v) is 2.42. The number of pyridine rings is 2. The van der Waals surface area contributed by atoms with Crippen LogP contribution < -0.4 is 0 Å². The van der Waals surface area contributed by atoms with Gasteiger partial charge in [0, 0.05) is 36.0 Å². The van der Waals surface area contributed by atoms with Crippen LogP contribution in [0, 0.1) is 0 Å². The minimum Gasteiger partial charge on any atom is -0.481 e. The third kappa shape index (κ3) is 8.17. The topological polar surface area (TPSA) is 100 Å². The molecule has 0 atom stereocenters. The van der Waals surface area contributed by atoms with E-state index in [0.717, 1.165) is 11.0 Å². The second-order valence-electron chi connectivity index (χ2n) is 6.03. The molecule has 0 aliphatic heterocycles. The molecule has 148 valence electrons. The largest absolute Gasteiger partial charge is 0.481 e. The molecule has 0 aliphatic carbocycles. The van der Waals surface area contributed by atoms with Crippen molar-refractivity contribution in [1.82, 2.24) is 9.97 Å². The van der Waals surface area contributed by atoms with E-state index in [1.807, 2.05) is 60.9 Å². The van der Waals surface area contributed by atoms with E-state index in [2.05, 4.69) is 34.2 Å². The molecule has 0 saturated heterocycles. The quantitative estimate of drug-likeness (QED) is 0.519. The van der Waals surface area contributed by atoms with Crippen molar-refractivity contribution in [2.24, 2.45) is 0 Å². The van der Waals surface area contributed by atoms with Gasteiger partial charge in [0.2, 0.25) is 0 Å². The molecular formula is C23H22N2O4. The summed E-state index contributed by atoms with van der Waals surface area (Å²) in [5, 5.41) is 18.5. The Hall–Kier alpha value is -3.80. The highest BCUT2D eigenvalue weighted by atomic mass is 16.4. The first-order valence-corrected chi connectivity index (χ1v) is 9.09. The lowest BCUT2D eigenvalue weighted by atomic mass is 10.2. The first-order chi connectivity index (χ1) is 14.1. The summed E-state index contributed by atoms with van der Waals surface area (Å²) in [5.74, 6) is -1.90. The molecule has 2 aromatic heterocycles. The summed E-state index contributed by atoms with van der Waals surface area (Å²) in [5.41, 5.74) is 2.12. The first-order valence-electron chi connectivity index (χ1n) is 9.09. The van der Waals surface area contributed by atoms with Crippen LogP contribution in [0.3, 0.4) is 0 Å². The average molecular weight is 390 g/mol. The second kappa shape index (κ2) is 11.8. The molecule has 0 unspecified atom stereocenters. The third-order valence-electron chi connectivity index (χ3n) is 3.81. The molecule has 29 heavy (non-hydrogen) atoms. The smallest absolute Gasteiger partial charge is 0.303 e. The third-order valence-corrected chi connectivity index (χ3v) is 3.81. The molecule has 0 spiro atoms. The van der Waals surface area contributed by atoms with Crippen molar-refractivity contribution < 1.29 is 19.8 Å². The highest BCUT2D eigenvalue weighted by Gasteiger charge is 1.99. The van der Waals surface area contributed by atoms with Gasteiger partial charge < -0.3 is 10.2 Å². The van der Waals surface area contributed by atoms with Crippen molar-refractivity contribution in [1.29, 1.82) is 0 Å². The van der Waals surface area contributed by atoms with Crippen LogP contribution in [0.25, 0.3) is 21.8 Å². The van der Waals surface area contributed by atoms with Gasteiger partial charge in [0.15, 0.2) is 0 Å². The minimum absolute atomic E-state index is 0.0632. The predicted molar refractivity (Wildman–Crippen MR) is 113 cm³/mol. The van der Waals surface area contributed by atoms with Gasteiger partial charge in [-0.15, -0.1) is 0 Å². The molecule has 4 rings (SSSR count). The average Bonchev–Trinajstić information content (AvgIpc) is 2.74. The van der Waals surface area contributed by atoms with Gasteiger partial charge in [-0.05, 0) is 30.7 Å². The van der Waals surface area contributed by atoms with Gasteiger partial charge in [0.25, 0.3) is 0 Å². The molecule has 0 bridgehead atoms. The van der Waals surface area contributed by atoms with Crippen LogP contribution in [0.1, 0.15) is 19.3 Å². The fourth-order valence-electron chi connectivity index (χ4n) is 2.42. The van der Waals surface area contributed by atoms with Crippen molar-refractivity contribution in [3.05, 3.63) is 85.2 Å². The zero-order chi connectivity index (χ0) is 20.9. The van der Waals surface area contributed by atoms with Crippen LogP contribution in [-0.4, -0.2) is 32.1 Å². The SMILES string of the molecule is O=C(O)CCCC(=O)O.c1ccc2ncccc2c1.c1ccc2ncccc2c1. The molecule has 4 aromatic rings. The highest BCUT2D eigenvalue weighted by molar-refractivity contribution is 5.78. The van der Waals surface area contributed by atoms with Gasteiger partial charge in [-0.3, -0.25) is 19.6 Å². The minimum atomic E-state index is -0.948. The number of carbonyl (C=O) groups is 2. The van der Waals surface area contributed by atoms with E-state index in [0.29, 0.717) is 0 Å². The number of aromatic nitrogens is 2. The van der Waals surface area contributed by atoms with Crippen molar-refractivity contribution in [3.63, 3.8) is 0 Å². The predicted octanol–water partition coefficient (Wildman–Crippen LogP) is 4.80. The van der Waals surface area contributed by atoms with Crippen molar-refractivity contribution >= 4 is 33.7 Å². The fraction of sp³-hybridized carbons (Fsp3) is 0.130. The van der Waals surface area contributed by atoms with Gasteiger partial charge in [-0.1, -0.05) is 48.5 Å². The van der Waals surface area contributed by atoms with Crippen LogP contribution in [0.4, 0.5) is 0 Å².